The lowest BCUT2D eigenvalue weighted by atomic mass is 9.96. The van der Waals surface area contributed by atoms with Gasteiger partial charge in [-0.3, -0.25) is 4.79 Å². The zero-order valence-electron chi connectivity index (χ0n) is 18.2. The summed E-state index contributed by atoms with van der Waals surface area (Å²) in [6.07, 6.45) is 5.59. The van der Waals surface area contributed by atoms with Crippen molar-refractivity contribution < 1.29 is 4.79 Å². The molecule has 3 aromatic heterocycles. The van der Waals surface area contributed by atoms with Crippen LogP contribution in [0.15, 0.2) is 29.4 Å². The minimum Gasteiger partial charge on any atom is -0.342 e. The fourth-order valence-corrected chi connectivity index (χ4v) is 6.09. The third-order valence-corrected chi connectivity index (χ3v) is 8.04. The summed E-state index contributed by atoms with van der Waals surface area (Å²) in [4.78, 5) is 21.8. The van der Waals surface area contributed by atoms with E-state index < -0.39 is 0 Å². The van der Waals surface area contributed by atoms with E-state index in [0.717, 1.165) is 60.3 Å². The molecule has 0 radical (unpaired) electrons. The number of rotatable bonds is 7. The molecule has 0 aliphatic heterocycles. The number of para-hydroxylation sites is 2. The van der Waals surface area contributed by atoms with Crippen LogP contribution < -0.4 is 5.32 Å². The van der Waals surface area contributed by atoms with Crippen LogP contribution in [0.5, 0.6) is 0 Å². The van der Waals surface area contributed by atoms with E-state index in [1.807, 2.05) is 35.9 Å². The fraction of sp³-hybridized carbons (Fsp3) is 0.348. The molecule has 0 bridgehead atoms. The van der Waals surface area contributed by atoms with E-state index in [2.05, 4.69) is 31.6 Å². The summed E-state index contributed by atoms with van der Waals surface area (Å²) in [5, 5.41) is 22.4. The Kier molecular flexibility index (Phi) is 6.15. The monoisotopic (exact) mass is 477 g/mol. The van der Waals surface area contributed by atoms with Crippen molar-refractivity contribution in [1.82, 2.24) is 24.7 Å². The molecule has 0 unspecified atom stereocenters. The molecule has 1 amide bonds. The summed E-state index contributed by atoms with van der Waals surface area (Å²) in [5.74, 6) is 1.83. The molecule has 8 nitrogen and oxygen atoms in total. The highest BCUT2D eigenvalue weighted by molar-refractivity contribution is 7.99. The number of carbonyl (C=O) groups excluding carboxylic acids is 1. The smallest absolute Gasteiger partial charge is 0.235 e. The molecule has 2 N–H and O–H groups in total. The lowest BCUT2D eigenvalue weighted by molar-refractivity contribution is -0.113. The summed E-state index contributed by atoms with van der Waals surface area (Å²) in [5.41, 5.74) is 3.75. The van der Waals surface area contributed by atoms with Gasteiger partial charge >= 0.3 is 0 Å². The van der Waals surface area contributed by atoms with Gasteiger partial charge in [-0.1, -0.05) is 23.9 Å². The van der Waals surface area contributed by atoms with Crippen LogP contribution in [-0.4, -0.2) is 36.4 Å². The number of aromatic amines is 1. The lowest BCUT2D eigenvalue weighted by Gasteiger charge is -2.09. The van der Waals surface area contributed by atoms with E-state index in [1.54, 1.807) is 11.3 Å². The van der Waals surface area contributed by atoms with E-state index >= 15 is 0 Å². The van der Waals surface area contributed by atoms with Crippen LogP contribution in [0.4, 0.5) is 5.00 Å². The highest BCUT2D eigenvalue weighted by atomic mass is 32.2. The van der Waals surface area contributed by atoms with Crippen LogP contribution >= 0.6 is 23.1 Å². The molecule has 0 spiro atoms. The Morgan fingerprint density at radius 2 is 2.12 bits per heavy atom. The van der Waals surface area contributed by atoms with Crippen molar-refractivity contribution in [1.29, 1.82) is 5.26 Å². The second kappa shape index (κ2) is 9.37. The van der Waals surface area contributed by atoms with Crippen LogP contribution in [0.2, 0.25) is 0 Å². The average Bonchev–Trinajstić information content (AvgIpc) is 3.50. The summed E-state index contributed by atoms with van der Waals surface area (Å²) < 4.78 is 1.92. The lowest BCUT2D eigenvalue weighted by Crippen LogP contribution is -2.14. The van der Waals surface area contributed by atoms with Crippen molar-refractivity contribution in [2.75, 3.05) is 11.1 Å². The Morgan fingerprint density at radius 1 is 1.27 bits per heavy atom. The number of nitrogens with zero attached hydrogens (tertiary/aromatic N) is 5. The number of benzene rings is 1. The molecule has 0 saturated heterocycles. The minimum atomic E-state index is -0.137. The largest absolute Gasteiger partial charge is 0.342 e. The number of aromatic nitrogens is 5. The van der Waals surface area contributed by atoms with Gasteiger partial charge in [0.05, 0.1) is 22.3 Å². The van der Waals surface area contributed by atoms with Gasteiger partial charge in [-0.2, -0.15) is 5.26 Å². The first-order chi connectivity index (χ1) is 16.1. The summed E-state index contributed by atoms with van der Waals surface area (Å²) in [7, 11) is 1.91. The number of H-pyrrole nitrogens is 1. The van der Waals surface area contributed by atoms with Crippen molar-refractivity contribution >= 4 is 45.0 Å². The molecule has 0 fully saturated rings. The number of hydrogen-bond acceptors (Lipinski definition) is 7. The summed E-state index contributed by atoms with van der Waals surface area (Å²) >= 11 is 2.89. The van der Waals surface area contributed by atoms with Crippen LogP contribution in [-0.2, 0) is 37.5 Å². The first-order valence-electron chi connectivity index (χ1n) is 10.9. The number of aryl methyl sites for hydroxylation is 3. The SMILES string of the molecule is Cn1c(CCc2nc3ccccc3[nH]2)nnc1SCC(=O)Nc1sc2c(c1C#N)CCCC2. The molecule has 10 heteroatoms. The number of fused-ring (bicyclic) bond motifs is 2. The van der Waals surface area contributed by atoms with Gasteiger partial charge in [-0.25, -0.2) is 4.98 Å². The van der Waals surface area contributed by atoms with Gasteiger partial charge in [0, 0.05) is 24.8 Å². The summed E-state index contributed by atoms with van der Waals surface area (Å²) in [6, 6.07) is 10.2. The number of amides is 1. The van der Waals surface area contributed by atoms with E-state index in [4.69, 9.17) is 0 Å². The molecule has 1 aliphatic rings. The molecule has 0 saturated carbocycles. The Bertz CT molecular complexity index is 1330. The Labute approximate surface area is 199 Å². The van der Waals surface area contributed by atoms with Gasteiger partial charge in [0.1, 0.15) is 22.7 Å². The highest BCUT2D eigenvalue weighted by Gasteiger charge is 2.22. The zero-order valence-corrected chi connectivity index (χ0v) is 19.9. The topological polar surface area (TPSA) is 112 Å². The Hall–Kier alpha value is -3.16. The van der Waals surface area contributed by atoms with E-state index in [-0.39, 0.29) is 11.7 Å². The van der Waals surface area contributed by atoms with Gasteiger partial charge in [-0.15, -0.1) is 21.5 Å². The van der Waals surface area contributed by atoms with Gasteiger partial charge in [0.25, 0.3) is 0 Å². The maximum Gasteiger partial charge on any atom is 0.235 e. The maximum absolute atomic E-state index is 12.6. The van der Waals surface area contributed by atoms with Crippen LogP contribution in [0.25, 0.3) is 11.0 Å². The number of nitrogens with one attached hydrogen (secondary N) is 2. The second-order valence-corrected chi connectivity index (χ2v) is 10.1. The first-order valence-corrected chi connectivity index (χ1v) is 12.7. The standard InChI is InChI=1S/C23H23N7OS2/c1-30-20(11-10-19-25-16-7-3-4-8-17(16)26-19)28-29-23(30)32-13-21(31)27-22-15(12-24)14-6-2-5-9-18(14)33-22/h3-4,7-8H,2,5-6,9-11,13H2,1H3,(H,25,26)(H,27,31). The number of thioether (sulfide) groups is 1. The molecule has 168 valence electrons. The molecular weight excluding hydrogens is 454 g/mol. The summed E-state index contributed by atoms with van der Waals surface area (Å²) in [6.45, 7) is 0. The molecule has 0 atom stereocenters. The third-order valence-electron chi connectivity index (χ3n) is 5.82. The molecule has 4 aromatic rings. The Morgan fingerprint density at radius 3 is 2.97 bits per heavy atom. The zero-order chi connectivity index (χ0) is 22.8. The third kappa shape index (κ3) is 4.51. The maximum atomic E-state index is 12.6. The van der Waals surface area contributed by atoms with Crippen LogP contribution in [0.3, 0.4) is 0 Å². The molecule has 1 aromatic carbocycles. The highest BCUT2D eigenvalue weighted by Crippen LogP contribution is 2.37. The number of imidazole rings is 1. The van der Waals surface area contributed by atoms with Crippen LogP contribution in [0, 0.1) is 11.3 Å². The van der Waals surface area contributed by atoms with E-state index in [1.165, 1.54) is 16.6 Å². The van der Waals surface area contributed by atoms with Gasteiger partial charge in [0.15, 0.2) is 5.16 Å². The van der Waals surface area contributed by atoms with Crippen molar-refractivity contribution in [2.45, 2.75) is 43.7 Å². The van der Waals surface area contributed by atoms with Gasteiger partial charge in [-0.05, 0) is 43.4 Å². The number of thiophene rings is 1. The number of hydrogen-bond donors (Lipinski definition) is 2. The fourth-order valence-electron chi connectivity index (χ4n) is 4.11. The predicted molar refractivity (Wildman–Crippen MR) is 130 cm³/mol. The van der Waals surface area contributed by atoms with Crippen LogP contribution in [0.1, 0.15) is 40.5 Å². The Balaban J connectivity index is 1.18. The number of nitriles is 1. The minimum absolute atomic E-state index is 0.137. The molecule has 33 heavy (non-hydrogen) atoms. The van der Waals surface area contributed by atoms with Crippen molar-refractivity contribution in [3.8, 4) is 6.07 Å². The van der Waals surface area contributed by atoms with Crippen molar-refractivity contribution in [2.24, 2.45) is 7.05 Å². The van der Waals surface area contributed by atoms with E-state index in [0.29, 0.717) is 22.1 Å². The number of anilines is 1. The second-order valence-electron chi connectivity index (χ2n) is 8.02. The molecular formula is C23H23N7OS2. The van der Waals surface area contributed by atoms with Crippen molar-refractivity contribution in [3.05, 3.63) is 51.9 Å². The molecule has 1 aliphatic carbocycles. The van der Waals surface area contributed by atoms with Gasteiger partial charge in [0.2, 0.25) is 5.91 Å². The predicted octanol–water partition coefficient (Wildman–Crippen LogP) is 4.02. The van der Waals surface area contributed by atoms with Crippen molar-refractivity contribution in [3.63, 3.8) is 0 Å². The number of carbonyl (C=O) groups is 1. The van der Waals surface area contributed by atoms with E-state index in [9.17, 15) is 10.1 Å². The normalized spacial score (nSPS) is 13.1. The molecule has 3 heterocycles. The average molecular weight is 478 g/mol. The molecule has 5 rings (SSSR count). The van der Waals surface area contributed by atoms with Gasteiger partial charge < -0.3 is 14.9 Å². The quantitative estimate of drug-likeness (QED) is 0.389. The first kappa shape index (κ1) is 21.7.